The maximum atomic E-state index is 9.83. The van der Waals surface area contributed by atoms with E-state index < -0.39 is 24.4 Å². The molecular weight excluding hydrogens is 325 g/mol. The molecule has 16 heavy (non-hydrogen) atoms. The summed E-state index contributed by atoms with van der Waals surface area (Å²) in [5.41, 5.74) is 0.776. The largest absolute Gasteiger partial charge is 0.394 e. The molecule has 2 rings (SSSR count). The number of pyridine rings is 1. The topological polar surface area (TPSA) is 82.8 Å². The van der Waals surface area contributed by atoms with Crippen LogP contribution in [0.1, 0.15) is 11.7 Å². The van der Waals surface area contributed by atoms with Gasteiger partial charge in [0.05, 0.1) is 6.61 Å². The monoisotopic (exact) mass is 337 g/mol. The van der Waals surface area contributed by atoms with Gasteiger partial charge in [0.2, 0.25) is 0 Å². The van der Waals surface area contributed by atoms with Gasteiger partial charge in [-0.3, -0.25) is 4.98 Å². The summed E-state index contributed by atoms with van der Waals surface area (Å²) in [5.74, 6) is 0. The molecule has 1 aliphatic heterocycles. The summed E-state index contributed by atoms with van der Waals surface area (Å²) in [6.07, 6.45) is -0.158. The molecule has 0 amide bonds. The van der Waals surface area contributed by atoms with E-state index >= 15 is 0 Å². The molecule has 0 aromatic carbocycles. The Morgan fingerprint density at radius 1 is 1.38 bits per heavy atom. The summed E-state index contributed by atoms with van der Waals surface area (Å²) in [7, 11) is 0. The van der Waals surface area contributed by atoms with Crippen LogP contribution in [0.4, 0.5) is 0 Å². The van der Waals surface area contributed by atoms with Crippen LogP contribution in [0, 0.1) is 3.57 Å². The van der Waals surface area contributed by atoms with E-state index in [1.165, 1.54) is 0 Å². The van der Waals surface area contributed by atoms with Crippen LogP contribution in [-0.4, -0.2) is 45.2 Å². The molecule has 1 fully saturated rings. The number of halogens is 1. The maximum Gasteiger partial charge on any atom is 0.113 e. The number of ether oxygens (including phenoxy) is 1. The zero-order valence-corrected chi connectivity index (χ0v) is 10.5. The van der Waals surface area contributed by atoms with Crippen molar-refractivity contribution in [1.29, 1.82) is 0 Å². The summed E-state index contributed by atoms with van der Waals surface area (Å²) in [6.45, 7) is -0.309. The van der Waals surface area contributed by atoms with Gasteiger partial charge in [-0.2, -0.15) is 0 Å². The minimum atomic E-state index is -1.06. The molecule has 5 nitrogen and oxygen atoms in total. The number of aromatic nitrogens is 1. The first-order valence-electron chi connectivity index (χ1n) is 4.87. The van der Waals surface area contributed by atoms with Gasteiger partial charge >= 0.3 is 0 Å². The fourth-order valence-corrected chi connectivity index (χ4v) is 2.42. The molecule has 88 valence electrons. The highest BCUT2D eigenvalue weighted by Gasteiger charge is 2.43. The molecule has 0 aliphatic carbocycles. The van der Waals surface area contributed by atoms with Crippen LogP contribution in [-0.2, 0) is 4.74 Å². The normalized spacial score (nSPS) is 34.2. The van der Waals surface area contributed by atoms with E-state index in [9.17, 15) is 10.2 Å². The number of hydrogen-bond acceptors (Lipinski definition) is 5. The van der Waals surface area contributed by atoms with Crippen LogP contribution < -0.4 is 0 Å². The van der Waals surface area contributed by atoms with Gasteiger partial charge in [0.25, 0.3) is 0 Å². The van der Waals surface area contributed by atoms with Crippen LogP contribution in [0.3, 0.4) is 0 Å². The van der Waals surface area contributed by atoms with Gasteiger partial charge in [0.1, 0.15) is 24.4 Å². The van der Waals surface area contributed by atoms with E-state index in [1.807, 2.05) is 0 Å². The lowest BCUT2D eigenvalue weighted by molar-refractivity contribution is -0.0230. The van der Waals surface area contributed by atoms with E-state index in [1.54, 1.807) is 18.5 Å². The van der Waals surface area contributed by atoms with Crippen LogP contribution in [0.15, 0.2) is 18.5 Å². The van der Waals surface area contributed by atoms with Gasteiger partial charge in [-0.05, 0) is 34.2 Å². The molecule has 4 atom stereocenters. The van der Waals surface area contributed by atoms with Gasteiger partial charge in [-0.15, -0.1) is 0 Å². The van der Waals surface area contributed by atoms with Gasteiger partial charge in [-0.1, -0.05) is 0 Å². The highest BCUT2D eigenvalue weighted by Crippen LogP contribution is 2.35. The van der Waals surface area contributed by atoms with Crippen LogP contribution >= 0.6 is 22.6 Å². The van der Waals surface area contributed by atoms with Crippen LogP contribution in [0.2, 0.25) is 0 Å². The first-order valence-corrected chi connectivity index (χ1v) is 5.95. The second-order valence-corrected chi connectivity index (χ2v) is 4.82. The molecule has 0 bridgehead atoms. The van der Waals surface area contributed by atoms with Crippen molar-refractivity contribution in [1.82, 2.24) is 4.98 Å². The second-order valence-electron chi connectivity index (χ2n) is 3.66. The number of nitrogens with zero attached hydrogens (tertiary/aromatic N) is 1. The van der Waals surface area contributed by atoms with E-state index in [2.05, 4.69) is 27.6 Å². The summed E-state index contributed by atoms with van der Waals surface area (Å²) < 4.78 is 6.28. The first kappa shape index (κ1) is 12.2. The molecule has 0 unspecified atom stereocenters. The van der Waals surface area contributed by atoms with Gasteiger partial charge in [0.15, 0.2) is 0 Å². The molecule has 3 N–H and O–H groups in total. The number of rotatable bonds is 2. The Balaban J connectivity index is 2.26. The lowest BCUT2D eigenvalue weighted by atomic mass is 10.0. The van der Waals surface area contributed by atoms with Gasteiger partial charge in [0, 0.05) is 16.0 Å². The van der Waals surface area contributed by atoms with Crippen molar-refractivity contribution < 1.29 is 20.1 Å². The van der Waals surface area contributed by atoms with Gasteiger partial charge in [-0.25, -0.2) is 0 Å². The van der Waals surface area contributed by atoms with E-state index in [0.717, 1.165) is 9.13 Å². The smallest absolute Gasteiger partial charge is 0.113 e. The number of aliphatic hydroxyl groups excluding tert-OH is 3. The minimum Gasteiger partial charge on any atom is -0.394 e. The molecule has 2 heterocycles. The Morgan fingerprint density at radius 3 is 2.69 bits per heavy atom. The molecule has 0 radical (unpaired) electrons. The summed E-state index contributed by atoms with van der Waals surface area (Å²) >= 11 is 2.09. The third-order valence-corrected chi connectivity index (χ3v) is 3.55. The molecule has 1 aromatic heterocycles. The van der Waals surface area contributed by atoms with E-state index in [4.69, 9.17) is 9.84 Å². The molecule has 0 spiro atoms. The Labute approximate surface area is 106 Å². The number of hydrogen-bond donors (Lipinski definition) is 3. The minimum absolute atomic E-state index is 0.309. The van der Waals surface area contributed by atoms with Crippen LogP contribution in [0.5, 0.6) is 0 Å². The molecule has 1 aliphatic rings. The predicted molar refractivity (Wildman–Crippen MR) is 63.7 cm³/mol. The van der Waals surface area contributed by atoms with Crippen molar-refractivity contribution in [3.8, 4) is 0 Å². The van der Waals surface area contributed by atoms with Crippen molar-refractivity contribution in [2.75, 3.05) is 6.61 Å². The Bertz CT molecular complexity index is 376. The predicted octanol–water partition coefficient (Wildman–Crippen LogP) is -0.160. The highest BCUT2D eigenvalue weighted by molar-refractivity contribution is 14.1. The summed E-state index contributed by atoms with van der Waals surface area (Å²) in [4.78, 5) is 3.94. The van der Waals surface area contributed by atoms with E-state index in [-0.39, 0.29) is 6.61 Å². The third-order valence-electron chi connectivity index (χ3n) is 2.65. The van der Waals surface area contributed by atoms with Crippen LogP contribution in [0.25, 0.3) is 0 Å². The second kappa shape index (κ2) is 4.92. The number of aliphatic hydroxyl groups is 3. The van der Waals surface area contributed by atoms with Crippen molar-refractivity contribution in [2.24, 2.45) is 0 Å². The third kappa shape index (κ3) is 2.07. The molecule has 6 heteroatoms. The van der Waals surface area contributed by atoms with Gasteiger partial charge < -0.3 is 20.1 Å². The average molecular weight is 337 g/mol. The fourth-order valence-electron chi connectivity index (χ4n) is 1.77. The zero-order valence-electron chi connectivity index (χ0n) is 8.32. The fraction of sp³-hybridized carbons (Fsp3) is 0.500. The molecular formula is C10H12INO4. The van der Waals surface area contributed by atoms with Crippen molar-refractivity contribution in [3.05, 3.63) is 27.6 Å². The average Bonchev–Trinajstić information content (AvgIpc) is 2.57. The lowest BCUT2D eigenvalue weighted by Crippen LogP contribution is -2.32. The first-order chi connectivity index (χ1) is 7.65. The standard InChI is InChI=1S/C10H12INO4/c11-6-3-12-2-1-5(6)10-9(15)8(14)7(4-13)16-10/h1-3,7-10,13-15H,4H2/t7-,8-,9-,10+/m1/s1. The highest BCUT2D eigenvalue weighted by atomic mass is 127. The molecule has 1 saturated heterocycles. The van der Waals surface area contributed by atoms with Crippen molar-refractivity contribution in [2.45, 2.75) is 24.4 Å². The Hall–Kier alpha value is -0.280. The van der Waals surface area contributed by atoms with Crippen molar-refractivity contribution in [3.63, 3.8) is 0 Å². The maximum absolute atomic E-state index is 9.83. The summed E-state index contributed by atoms with van der Waals surface area (Å²) in [6, 6.07) is 1.74. The SMILES string of the molecule is OC[C@H]1O[C@@H](c2ccncc2I)[C@H](O)[C@@H]1O. The molecule has 0 saturated carbocycles. The summed E-state index contributed by atoms with van der Waals surface area (Å²) in [5, 5.41) is 28.4. The molecule has 1 aromatic rings. The lowest BCUT2D eigenvalue weighted by Gasteiger charge is -2.15. The Morgan fingerprint density at radius 2 is 2.12 bits per heavy atom. The quantitative estimate of drug-likeness (QED) is 0.654. The zero-order chi connectivity index (χ0) is 11.7. The Kier molecular flexibility index (Phi) is 3.75. The van der Waals surface area contributed by atoms with Crippen molar-refractivity contribution >= 4 is 22.6 Å². The van der Waals surface area contributed by atoms with E-state index in [0.29, 0.717) is 0 Å².